The summed E-state index contributed by atoms with van der Waals surface area (Å²) in [7, 11) is 2.23. The average molecular weight is 239 g/mol. The SMILES string of the molecule is CC(C)C1CC(CN)(N2CCCN(C)CC2)C1. The minimum atomic E-state index is 0.347. The maximum atomic E-state index is 6.09. The zero-order valence-electron chi connectivity index (χ0n) is 11.8. The van der Waals surface area contributed by atoms with E-state index < -0.39 is 0 Å². The zero-order valence-corrected chi connectivity index (χ0v) is 11.8. The number of nitrogens with two attached hydrogens (primary N) is 1. The van der Waals surface area contributed by atoms with Gasteiger partial charge in [0, 0.05) is 31.7 Å². The number of rotatable bonds is 3. The van der Waals surface area contributed by atoms with Crippen molar-refractivity contribution in [1.82, 2.24) is 9.80 Å². The van der Waals surface area contributed by atoms with Crippen molar-refractivity contribution in [3.05, 3.63) is 0 Å². The summed E-state index contributed by atoms with van der Waals surface area (Å²) in [5, 5.41) is 0. The lowest BCUT2D eigenvalue weighted by Gasteiger charge is -2.55. The number of likely N-dealkylation sites (N-methyl/N-ethyl adjacent to an activating group) is 1. The maximum Gasteiger partial charge on any atom is 0.0337 e. The molecule has 2 rings (SSSR count). The van der Waals surface area contributed by atoms with Gasteiger partial charge in [-0.05, 0) is 44.7 Å². The van der Waals surface area contributed by atoms with E-state index in [4.69, 9.17) is 5.73 Å². The van der Waals surface area contributed by atoms with Gasteiger partial charge in [-0.25, -0.2) is 0 Å². The van der Waals surface area contributed by atoms with Gasteiger partial charge >= 0.3 is 0 Å². The van der Waals surface area contributed by atoms with E-state index >= 15 is 0 Å². The first kappa shape index (κ1) is 13.3. The van der Waals surface area contributed by atoms with Crippen molar-refractivity contribution in [2.45, 2.75) is 38.6 Å². The molecule has 100 valence electrons. The fourth-order valence-corrected chi connectivity index (χ4v) is 3.46. The molecule has 0 spiro atoms. The normalized spacial score (nSPS) is 36.9. The van der Waals surface area contributed by atoms with Crippen LogP contribution in [0.15, 0.2) is 0 Å². The van der Waals surface area contributed by atoms with Crippen molar-refractivity contribution < 1.29 is 0 Å². The Balaban J connectivity index is 1.95. The van der Waals surface area contributed by atoms with Crippen LogP contribution in [0.25, 0.3) is 0 Å². The Bertz CT molecular complexity index is 246. The highest BCUT2D eigenvalue weighted by Gasteiger charge is 2.48. The molecule has 0 atom stereocenters. The topological polar surface area (TPSA) is 32.5 Å². The van der Waals surface area contributed by atoms with Gasteiger partial charge in [0.1, 0.15) is 0 Å². The van der Waals surface area contributed by atoms with Gasteiger partial charge in [0.25, 0.3) is 0 Å². The Kier molecular flexibility index (Phi) is 4.11. The lowest BCUT2D eigenvalue weighted by atomic mass is 9.63. The molecular formula is C14H29N3. The van der Waals surface area contributed by atoms with Crippen molar-refractivity contribution in [3.8, 4) is 0 Å². The third kappa shape index (κ3) is 2.67. The molecule has 0 bridgehead atoms. The highest BCUT2D eigenvalue weighted by atomic mass is 15.3. The van der Waals surface area contributed by atoms with E-state index in [1.165, 1.54) is 45.4 Å². The second-order valence-electron chi connectivity index (χ2n) is 6.48. The summed E-state index contributed by atoms with van der Waals surface area (Å²) >= 11 is 0. The minimum Gasteiger partial charge on any atom is -0.329 e. The van der Waals surface area contributed by atoms with E-state index in [2.05, 4.69) is 30.7 Å². The van der Waals surface area contributed by atoms with Crippen molar-refractivity contribution >= 4 is 0 Å². The minimum absolute atomic E-state index is 0.347. The van der Waals surface area contributed by atoms with Crippen molar-refractivity contribution in [3.63, 3.8) is 0 Å². The van der Waals surface area contributed by atoms with E-state index in [1.807, 2.05) is 0 Å². The molecule has 2 aliphatic rings. The molecule has 1 aliphatic heterocycles. The Morgan fingerprint density at radius 2 is 1.88 bits per heavy atom. The van der Waals surface area contributed by atoms with Gasteiger partial charge in [0.15, 0.2) is 0 Å². The molecule has 3 nitrogen and oxygen atoms in total. The summed E-state index contributed by atoms with van der Waals surface area (Å²) < 4.78 is 0. The molecule has 2 N–H and O–H groups in total. The molecule has 1 heterocycles. The van der Waals surface area contributed by atoms with E-state index in [0.717, 1.165) is 18.4 Å². The predicted molar refractivity (Wildman–Crippen MR) is 73.0 cm³/mol. The first-order chi connectivity index (χ1) is 8.07. The third-order valence-electron chi connectivity index (χ3n) is 5.00. The van der Waals surface area contributed by atoms with Crippen molar-refractivity contribution in [2.75, 3.05) is 39.8 Å². The molecule has 0 amide bonds. The van der Waals surface area contributed by atoms with Crippen molar-refractivity contribution in [1.29, 1.82) is 0 Å². The van der Waals surface area contributed by atoms with Crippen LogP contribution in [0.3, 0.4) is 0 Å². The fourth-order valence-electron chi connectivity index (χ4n) is 3.46. The molecule has 0 unspecified atom stereocenters. The zero-order chi connectivity index (χ0) is 12.5. The molecule has 0 aromatic rings. The molecule has 3 heteroatoms. The molecule has 0 radical (unpaired) electrons. The fraction of sp³-hybridized carbons (Fsp3) is 1.00. The Labute approximate surface area is 106 Å². The summed E-state index contributed by atoms with van der Waals surface area (Å²) in [5.74, 6) is 1.73. The van der Waals surface area contributed by atoms with Crippen LogP contribution >= 0.6 is 0 Å². The maximum absolute atomic E-state index is 6.09. The van der Waals surface area contributed by atoms with Crippen LogP contribution in [0.2, 0.25) is 0 Å². The van der Waals surface area contributed by atoms with Crippen LogP contribution in [0, 0.1) is 11.8 Å². The number of hydrogen-bond acceptors (Lipinski definition) is 3. The third-order valence-corrected chi connectivity index (χ3v) is 5.00. The standard InChI is InChI=1S/C14H29N3/c1-12(2)13-9-14(10-13,11-15)17-6-4-5-16(3)7-8-17/h12-13H,4-11,15H2,1-3H3. The van der Waals surface area contributed by atoms with Crippen molar-refractivity contribution in [2.24, 2.45) is 17.6 Å². The second-order valence-corrected chi connectivity index (χ2v) is 6.48. The molecule has 0 aromatic carbocycles. The molecule has 17 heavy (non-hydrogen) atoms. The Morgan fingerprint density at radius 3 is 2.47 bits per heavy atom. The Hall–Kier alpha value is -0.120. The lowest BCUT2D eigenvalue weighted by molar-refractivity contribution is -0.0325. The van der Waals surface area contributed by atoms with Crippen LogP contribution in [0.1, 0.15) is 33.1 Å². The van der Waals surface area contributed by atoms with Gasteiger partial charge in [-0.15, -0.1) is 0 Å². The van der Waals surface area contributed by atoms with Crippen LogP contribution in [0.5, 0.6) is 0 Å². The number of nitrogens with zero attached hydrogens (tertiary/aromatic N) is 2. The van der Waals surface area contributed by atoms with E-state index in [1.54, 1.807) is 0 Å². The summed E-state index contributed by atoms with van der Waals surface area (Å²) in [4.78, 5) is 5.14. The van der Waals surface area contributed by atoms with Gasteiger partial charge in [-0.2, -0.15) is 0 Å². The van der Waals surface area contributed by atoms with Crippen LogP contribution < -0.4 is 5.73 Å². The summed E-state index contributed by atoms with van der Waals surface area (Å²) in [6.45, 7) is 10.4. The quantitative estimate of drug-likeness (QED) is 0.808. The van der Waals surface area contributed by atoms with Crippen LogP contribution in [0.4, 0.5) is 0 Å². The van der Waals surface area contributed by atoms with E-state index in [0.29, 0.717) is 5.54 Å². The average Bonchev–Trinajstić information content (AvgIpc) is 2.43. The van der Waals surface area contributed by atoms with Crippen LogP contribution in [-0.4, -0.2) is 55.1 Å². The first-order valence-corrected chi connectivity index (χ1v) is 7.21. The molecule has 0 aromatic heterocycles. The van der Waals surface area contributed by atoms with Gasteiger partial charge in [0.2, 0.25) is 0 Å². The summed E-state index contributed by atoms with van der Waals surface area (Å²) in [6, 6.07) is 0. The largest absolute Gasteiger partial charge is 0.329 e. The highest BCUT2D eigenvalue weighted by molar-refractivity contribution is 5.04. The monoisotopic (exact) mass is 239 g/mol. The van der Waals surface area contributed by atoms with Gasteiger partial charge < -0.3 is 10.6 Å². The van der Waals surface area contributed by atoms with Gasteiger partial charge in [0.05, 0.1) is 0 Å². The number of hydrogen-bond donors (Lipinski definition) is 1. The molecule has 1 saturated carbocycles. The summed E-state index contributed by atoms with van der Waals surface area (Å²) in [6.07, 6.45) is 3.94. The highest BCUT2D eigenvalue weighted by Crippen LogP contribution is 2.45. The van der Waals surface area contributed by atoms with Gasteiger partial charge in [-0.3, -0.25) is 4.90 Å². The second kappa shape index (κ2) is 5.25. The summed E-state index contributed by atoms with van der Waals surface area (Å²) in [5.41, 5.74) is 6.44. The van der Waals surface area contributed by atoms with E-state index in [-0.39, 0.29) is 0 Å². The van der Waals surface area contributed by atoms with E-state index in [9.17, 15) is 0 Å². The molecule has 1 aliphatic carbocycles. The Morgan fingerprint density at radius 1 is 1.18 bits per heavy atom. The van der Waals surface area contributed by atoms with Crippen LogP contribution in [-0.2, 0) is 0 Å². The lowest BCUT2D eigenvalue weighted by Crippen LogP contribution is -2.63. The molecule has 1 saturated heterocycles. The molecular weight excluding hydrogens is 210 g/mol. The van der Waals surface area contributed by atoms with Gasteiger partial charge in [-0.1, -0.05) is 13.8 Å². The molecule has 2 fully saturated rings. The predicted octanol–water partition coefficient (Wildman–Crippen LogP) is 1.39. The first-order valence-electron chi connectivity index (χ1n) is 7.21. The smallest absolute Gasteiger partial charge is 0.0337 e.